The van der Waals surface area contributed by atoms with Crippen molar-refractivity contribution in [3.8, 4) is 0 Å². The van der Waals surface area contributed by atoms with E-state index < -0.39 is 12.0 Å². The number of piperidine rings is 2. The summed E-state index contributed by atoms with van der Waals surface area (Å²) in [4.78, 5) is 55.3. The third-order valence-corrected chi connectivity index (χ3v) is 7.23. The number of ether oxygens (including phenoxy) is 1. The smallest absolute Gasteiger partial charge is 0.303 e. The van der Waals surface area contributed by atoms with Crippen LogP contribution in [0.5, 0.6) is 0 Å². The number of rotatable bonds is 6. The Bertz CT molecular complexity index is 1080. The summed E-state index contributed by atoms with van der Waals surface area (Å²) in [5.41, 5.74) is 0.883. The molecule has 2 aromatic rings. The standard InChI is InChI=1S/C24H32N6O4S/c1-15-12-20(28-24-25-13-16(2)35-24)27-22(26-15)18-7-10-29(11-8-18)23(33)19-6-4-5-9-30(19)21(32)14-34-17(3)31/h12-13,18-19H,4-11,14H2,1-3H3,(H,25,26,27,28)/t19-/m1/s1. The summed E-state index contributed by atoms with van der Waals surface area (Å²) in [6.07, 6.45) is 5.73. The van der Waals surface area contributed by atoms with Gasteiger partial charge in [-0.1, -0.05) is 0 Å². The van der Waals surface area contributed by atoms with Crippen LogP contribution in [0.1, 0.15) is 61.3 Å². The van der Waals surface area contributed by atoms with Crippen molar-refractivity contribution in [3.63, 3.8) is 0 Å². The minimum Gasteiger partial charge on any atom is -0.456 e. The van der Waals surface area contributed by atoms with E-state index in [0.717, 1.165) is 53.0 Å². The van der Waals surface area contributed by atoms with Crippen LogP contribution >= 0.6 is 11.3 Å². The van der Waals surface area contributed by atoms with Crippen LogP contribution in [0, 0.1) is 13.8 Å². The zero-order valence-corrected chi connectivity index (χ0v) is 21.3. The first-order chi connectivity index (χ1) is 16.8. The molecule has 2 amide bonds. The van der Waals surface area contributed by atoms with Crippen molar-refractivity contribution < 1.29 is 19.1 Å². The second-order valence-electron chi connectivity index (χ2n) is 9.13. The average Bonchev–Trinajstić information content (AvgIpc) is 3.26. The molecule has 2 saturated heterocycles. The molecule has 2 aliphatic rings. The van der Waals surface area contributed by atoms with Gasteiger partial charge in [-0.3, -0.25) is 14.4 Å². The maximum atomic E-state index is 13.3. The van der Waals surface area contributed by atoms with Crippen molar-refractivity contribution in [2.45, 2.75) is 64.8 Å². The second-order valence-corrected chi connectivity index (χ2v) is 10.4. The monoisotopic (exact) mass is 500 g/mol. The van der Waals surface area contributed by atoms with Crippen LogP contribution in [0.2, 0.25) is 0 Å². The lowest BCUT2D eigenvalue weighted by Crippen LogP contribution is -2.55. The minimum absolute atomic E-state index is 0.0222. The van der Waals surface area contributed by atoms with Crippen LogP contribution in [0.25, 0.3) is 0 Å². The number of thiazole rings is 1. The summed E-state index contributed by atoms with van der Waals surface area (Å²) in [5.74, 6) is 0.834. The normalized spacial score (nSPS) is 18.9. The summed E-state index contributed by atoms with van der Waals surface area (Å²) in [7, 11) is 0. The van der Waals surface area contributed by atoms with Crippen LogP contribution < -0.4 is 5.32 Å². The highest BCUT2D eigenvalue weighted by atomic mass is 32.1. The van der Waals surface area contributed by atoms with Crippen molar-refractivity contribution >= 4 is 40.1 Å². The number of aromatic nitrogens is 3. The van der Waals surface area contributed by atoms with Crippen molar-refractivity contribution in [3.05, 3.63) is 28.7 Å². The molecule has 188 valence electrons. The Labute approximate surface area is 209 Å². The fraction of sp³-hybridized carbons (Fsp3) is 0.583. The zero-order chi connectivity index (χ0) is 24.9. The van der Waals surface area contributed by atoms with Crippen molar-refractivity contribution in [1.82, 2.24) is 24.8 Å². The first-order valence-corrected chi connectivity index (χ1v) is 12.9. The van der Waals surface area contributed by atoms with E-state index in [9.17, 15) is 14.4 Å². The lowest BCUT2D eigenvalue weighted by molar-refractivity contribution is -0.155. The van der Waals surface area contributed by atoms with Crippen LogP contribution in [0.4, 0.5) is 10.9 Å². The van der Waals surface area contributed by atoms with Gasteiger partial charge in [0, 0.05) is 55.3 Å². The third kappa shape index (κ3) is 6.33. The molecule has 2 aromatic heterocycles. The van der Waals surface area contributed by atoms with Gasteiger partial charge in [0.05, 0.1) is 0 Å². The van der Waals surface area contributed by atoms with Gasteiger partial charge >= 0.3 is 5.97 Å². The highest BCUT2D eigenvalue weighted by Gasteiger charge is 2.36. The van der Waals surface area contributed by atoms with Crippen molar-refractivity contribution in [2.24, 2.45) is 0 Å². The second kappa shape index (κ2) is 11.1. The predicted molar refractivity (Wildman–Crippen MR) is 131 cm³/mol. The maximum Gasteiger partial charge on any atom is 0.303 e. The van der Waals surface area contributed by atoms with Gasteiger partial charge in [0.1, 0.15) is 17.7 Å². The summed E-state index contributed by atoms with van der Waals surface area (Å²) in [6, 6.07) is 1.42. The maximum absolute atomic E-state index is 13.3. The van der Waals surface area contributed by atoms with E-state index in [0.29, 0.717) is 26.1 Å². The van der Waals surface area contributed by atoms with E-state index in [2.05, 4.69) is 15.3 Å². The highest BCUT2D eigenvalue weighted by Crippen LogP contribution is 2.29. The fourth-order valence-electron chi connectivity index (χ4n) is 4.66. The summed E-state index contributed by atoms with van der Waals surface area (Å²) in [5, 5.41) is 4.07. The van der Waals surface area contributed by atoms with E-state index in [-0.39, 0.29) is 24.3 Å². The molecule has 10 nitrogen and oxygen atoms in total. The van der Waals surface area contributed by atoms with Gasteiger partial charge in [-0.25, -0.2) is 15.0 Å². The number of carbonyl (C=O) groups is 3. The number of carbonyl (C=O) groups excluding carboxylic acids is 3. The Balaban J connectivity index is 1.37. The van der Waals surface area contributed by atoms with Crippen LogP contribution in [-0.4, -0.2) is 74.8 Å². The average molecular weight is 501 g/mol. The molecule has 0 spiro atoms. The Morgan fingerprint density at radius 1 is 1.11 bits per heavy atom. The zero-order valence-electron chi connectivity index (χ0n) is 20.5. The lowest BCUT2D eigenvalue weighted by atomic mass is 9.94. The van der Waals surface area contributed by atoms with Gasteiger partial charge in [-0.05, 0) is 46.0 Å². The molecule has 0 aromatic carbocycles. The van der Waals surface area contributed by atoms with E-state index >= 15 is 0 Å². The Kier molecular flexibility index (Phi) is 7.94. The molecule has 0 radical (unpaired) electrons. The predicted octanol–water partition coefficient (Wildman–Crippen LogP) is 2.94. The molecule has 0 aliphatic carbocycles. The molecule has 0 unspecified atom stereocenters. The van der Waals surface area contributed by atoms with Gasteiger partial charge in [0.15, 0.2) is 11.7 Å². The number of amides is 2. The summed E-state index contributed by atoms with van der Waals surface area (Å²) in [6.45, 7) is 6.62. The Hall–Kier alpha value is -3.08. The lowest BCUT2D eigenvalue weighted by Gasteiger charge is -2.39. The van der Waals surface area contributed by atoms with Gasteiger partial charge in [-0.2, -0.15) is 0 Å². The van der Waals surface area contributed by atoms with E-state index in [4.69, 9.17) is 9.72 Å². The molecule has 0 bridgehead atoms. The van der Waals surface area contributed by atoms with E-state index in [1.165, 1.54) is 6.92 Å². The number of nitrogens with zero attached hydrogens (tertiary/aromatic N) is 5. The molecular weight excluding hydrogens is 468 g/mol. The number of likely N-dealkylation sites (tertiary alicyclic amines) is 2. The minimum atomic E-state index is -0.501. The number of esters is 1. The quantitative estimate of drug-likeness (QED) is 0.602. The first kappa shape index (κ1) is 25.0. The van der Waals surface area contributed by atoms with Gasteiger partial charge in [0.2, 0.25) is 5.91 Å². The fourth-order valence-corrected chi connectivity index (χ4v) is 5.33. The van der Waals surface area contributed by atoms with Crippen LogP contribution in [0.3, 0.4) is 0 Å². The number of hydrogen-bond donors (Lipinski definition) is 1. The molecule has 35 heavy (non-hydrogen) atoms. The van der Waals surface area contributed by atoms with Crippen LogP contribution in [0.15, 0.2) is 12.3 Å². The van der Waals surface area contributed by atoms with Crippen molar-refractivity contribution in [1.29, 1.82) is 0 Å². The van der Waals surface area contributed by atoms with Gasteiger partial charge < -0.3 is 19.9 Å². The first-order valence-electron chi connectivity index (χ1n) is 12.1. The summed E-state index contributed by atoms with van der Waals surface area (Å²) >= 11 is 1.57. The topological polar surface area (TPSA) is 118 Å². The van der Waals surface area contributed by atoms with Gasteiger partial charge in [0.25, 0.3) is 5.91 Å². The molecule has 0 saturated carbocycles. The number of aryl methyl sites for hydroxylation is 2. The van der Waals surface area contributed by atoms with Crippen molar-refractivity contribution in [2.75, 3.05) is 31.6 Å². The van der Waals surface area contributed by atoms with Crippen LogP contribution in [-0.2, 0) is 19.1 Å². The van der Waals surface area contributed by atoms with E-state index in [1.807, 2.05) is 31.0 Å². The van der Waals surface area contributed by atoms with E-state index in [1.54, 1.807) is 16.2 Å². The molecule has 1 atom stereocenters. The third-order valence-electron chi connectivity index (χ3n) is 6.41. The molecule has 2 aliphatic heterocycles. The highest BCUT2D eigenvalue weighted by molar-refractivity contribution is 7.15. The number of anilines is 2. The molecule has 11 heteroatoms. The molecule has 1 N–H and O–H groups in total. The summed E-state index contributed by atoms with van der Waals surface area (Å²) < 4.78 is 4.87. The molecule has 4 heterocycles. The number of nitrogens with one attached hydrogen (secondary N) is 1. The largest absolute Gasteiger partial charge is 0.456 e. The molecular formula is C24H32N6O4S. The Morgan fingerprint density at radius 2 is 1.89 bits per heavy atom. The Morgan fingerprint density at radius 3 is 2.57 bits per heavy atom. The number of hydrogen-bond acceptors (Lipinski definition) is 9. The molecule has 2 fully saturated rings. The van der Waals surface area contributed by atoms with Gasteiger partial charge in [-0.15, -0.1) is 11.3 Å². The molecule has 4 rings (SSSR count). The SMILES string of the molecule is CC(=O)OCC(=O)N1CCCC[C@@H]1C(=O)N1CCC(c2nc(C)cc(Nc3ncc(C)s3)n2)CC1.